The van der Waals surface area contributed by atoms with Crippen molar-refractivity contribution in [3.63, 3.8) is 0 Å². The zero-order chi connectivity index (χ0) is 12.5. The van der Waals surface area contributed by atoms with Crippen LogP contribution in [0.3, 0.4) is 0 Å². The van der Waals surface area contributed by atoms with Crippen LogP contribution in [0.4, 0.5) is 0 Å². The van der Waals surface area contributed by atoms with E-state index in [1.54, 1.807) is 0 Å². The highest BCUT2D eigenvalue weighted by atomic mass is 16.4. The standard InChI is InChI=1S/C13H23NO3/c15-12(9-6-10-13(16)17)14-11-7-4-2-1-3-5-8-11/h11H,1-10H2,(H,14,15)(H,16,17). The van der Waals surface area contributed by atoms with E-state index in [4.69, 9.17) is 5.11 Å². The minimum absolute atomic E-state index is 0.0109. The monoisotopic (exact) mass is 241 g/mol. The van der Waals surface area contributed by atoms with Crippen LogP contribution in [0.15, 0.2) is 0 Å². The van der Waals surface area contributed by atoms with Gasteiger partial charge in [-0.25, -0.2) is 0 Å². The van der Waals surface area contributed by atoms with Crippen LogP contribution in [0.2, 0.25) is 0 Å². The third-order valence-corrected chi connectivity index (χ3v) is 3.26. The SMILES string of the molecule is O=C(O)CCCC(=O)NC1CCCCCCC1. The van der Waals surface area contributed by atoms with Gasteiger partial charge >= 0.3 is 5.97 Å². The molecule has 1 aliphatic carbocycles. The second-order valence-electron chi connectivity index (χ2n) is 4.86. The molecular weight excluding hydrogens is 218 g/mol. The topological polar surface area (TPSA) is 66.4 Å². The third kappa shape index (κ3) is 6.97. The van der Waals surface area contributed by atoms with E-state index in [2.05, 4.69) is 5.32 Å². The summed E-state index contributed by atoms with van der Waals surface area (Å²) in [6.45, 7) is 0. The molecule has 0 radical (unpaired) electrons. The second kappa shape index (κ2) is 8.09. The minimum Gasteiger partial charge on any atom is -0.481 e. The number of aliphatic carboxylic acids is 1. The molecule has 0 heterocycles. The second-order valence-corrected chi connectivity index (χ2v) is 4.86. The van der Waals surface area contributed by atoms with Gasteiger partial charge in [0.2, 0.25) is 5.91 Å². The minimum atomic E-state index is -0.830. The Balaban J connectivity index is 2.16. The Hall–Kier alpha value is -1.06. The fourth-order valence-corrected chi connectivity index (χ4v) is 2.30. The van der Waals surface area contributed by atoms with E-state index < -0.39 is 5.97 Å². The number of amides is 1. The van der Waals surface area contributed by atoms with Crippen LogP contribution in [-0.4, -0.2) is 23.0 Å². The Labute approximate surface area is 103 Å². The Kier molecular flexibility index (Phi) is 6.67. The first-order chi connectivity index (χ1) is 8.18. The quantitative estimate of drug-likeness (QED) is 0.777. The summed E-state index contributed by atoms with van der Waals surface area (Å²) in [4.78, 5) is 21.9. The van der Waals surface area contributed by atoms with Crippen molar-refractivity contribution in [2.75, 3.05) is 0 Å². The maximum absolute atomic E-state index is 11.6. The van der Waals surface area contributed by atoms with Crippen molar-refractivity contribution in [1.29, 1.82) is 0 Å². The fraction of sp³-hybridized carbons (Fsp3) is 0.846. The van der Waals surface area contributed by atoms with E-state index >= 15 is 0 Å². The summed E-state index contributed by atoms with van der Waals surface area (Å²) >= 11 is 0. The highest BCUT2D eigenvalue weighted by Gasteiger charge is 2.13. The van der Waals surface area contributed by atoms with Gasteiger partial charge in [0, 0.05) is 18.9 Å². The van der Waals surface area contributed by atoms with Crippen molar-refractivity contribution in [3.8, 4) is 0 Å². The molecule has 0 aromatic heterocycles. The van der Waals surface area contributed by atoms with Crippen LogP contribution in [0.25, 0.3) is 0 Å². The highest BCUT2D eigenvalue weighted by Crippen LogP contribution is 2.17. The Morgan fingerprint density at radius 1 is 1.00 bits per heavy atom. The number of carboxylic acid groups (broad SMARTS) is 1. The molecule has 0 saturated heterocycles. The molecule has 0 unspecified atom stereocenters. The molecule has 1 amide bonds. The van der Waals surface area contributed by atoms with Gasteiger partial charge in [-0.1, -0.05) is 32.1 Å². The number of hydrogen-bond acceptors (Lipinski definition) is 2. The molecule has 1 rings (SSSR count). The predicted octanol–water partition coefficient (Wildman–Crippen LogP) is 2.47. The summed E-state index contributed by atoms with van der Waals surface area (Å²) in [5.41, 5.74) is 0. The molecule has 4 heteroatoms. The van der Waals surface area contributed by atoms with E-state index in [-0.39, 0.29) is 12.3 Å². The van der Waals surface area contributed by atoms with Crippen LogP contribution in [0.5, 0.6) is 0 Å². The van der Waals surface area contributed by atoms with Crippen molar-refractivity contribution < 1.29 is 14.7 Å². The average molecular weight is 241 g/mol. The van der Waals surface area contributed by atoms with Gasteiger partial charge in [0.15, 0.2) is 0 Å². The number of nitrogens with one attached hydrogen (secondary N) is 1. The summed E-state index contributed by atoms with van der Waals surface area (Å²) < 4.78 is 0. The Morgan fingerprint density at radius 3 is 2.18 bits per heavy atom. The Morgan fingerprint density at radius 2 is 1.59 bits per heavy atom. The molecule has 0 atom stereocenters. The van der Waals surface area contributed by atoms with Crippen LogP contribution < -0.4 is 5.32 Å². The maximum atomic E-state index is 11.6. The molecule has 0 spiro atoms. The maximum Gasteiger partial charge on any atom is 0.303 e. The molecule has 0 aromatic carbocycles. The first-order valence-electron chi connectivity index (χ1n) is 6.69. The van der Waals surface area contributed by atoms with Gasteiger partial charge in [-0.05, 0) is 19.3 Å². The number of carbonyl (C=O) groups is 2. The van der Waals surface area contributed by atoms with E-state index in [0.717, 1.165) is 12.8 Å². The first kappa shape index (κ1) is 14.0. The van der Waals surface area contributed by atoms with E-state index in [9.17, 15) is 9.59 Å². The van der Waals surface area contributed by atoms with Crippen LogP contribution in [0, 0.1) is 0 Å². The van der Waals surface area contributed by atoms with E-state index in [1.807, 2.05) is 0 Å². The molecule has 0 aliphatic heterocycles. The molecule has 17 heavy (non-hydrogen) atoms. The number of hydrogen-bond donors (Lipinski definition) is 2. The van der Waals surface area contributed by atoms with E-state index in [1.165, 1.54) is 32.1 Å². The summed E-state index contributed by atoms with van der Waals surface area (Å²) in [5, 5.41) is 11.5. The molecule has 1 fully saturated rings. The number of rotatable bonds is 5. The van der Waals surface area contributed by atoms with Gasteiger partial charge in [0.05, 0.1) is 0 Å². The van der Waals surface area contributed by atoms with E-state index in [0.29, 0.717) is 18.9 Å². The molecule has 2 N–H and O–H groups in total. The molecule has 1 saturated carbocycles. The lowest BCUT2D eigenvalue weighted by atomic mass is 9.96. The lowest BCUT2D eigenvalue weighted by molar-refractivity contribution is -0.137. The van der Waals surface area contributed by atoms with Gasteiger partial charge in [0.1, 0.15) is 0 Å². The summed E-state index contributed by atoms with van der Waals surface area (Å²) in [6, 6.07) is 0.313. The molecule has 1 aliphatic rings. The highest BCUT2D eigenvalue weighted by molar-refractivity contribution is 5.77. The van der Waals surface area contributed by atoms with Crippen molar-refractivity contribution >= 4 is 11.9 Å². The lowest BCUT2D eigenvalue weighted by Gasteiger charge is -2.20. The molecule has 98 valence electrons. The van der Waals surface area contributed by atoms with Gasteiger partial charge < -0.3 is 10.4 Å². The lowest BCUT2D eigenvalue weighted by Crippen LogP contribution is -2.35. The van der Waals surface area contributed by atoms with Crippen molar-refractivity contribution in [2.45, 2.75) is 70.3 Å². The smallest absolute Gasteiger partial charge is 0.303 e. The molecular formula is C13H23NO3. The van der Waals surface area contributed by atoms with Crippen molar-refractivity contribution in [3.05, 3.63) is 0 Å². The van der Waals surface area contributed by atoms with Crippen LogP contribution in [0.1, 0.15) is 64.2 Å². The fourth-order valence-electron chi connectivity index (χ4n) is 2.30. The summed E-state index contributed by atoms with van der Waals surface area (Å²) in [6.07, 6.45) is 9.25. The molecule has 4 nitrogen and oxygen atoms in total. The van der Waals surface area contributed by atoms with Crippen LogP contribution in [-0.2, 0) is 9.59 Å². The van der Waals surface area contributed by atoms with Gasteiger partial charge in [-0.2, -0.15) is 0 Å². The third-order valence-electron chi connectivity index (χ3n) is 3.26. The van der Waals surface area contributed by atoms with Crippen molar-refractivity contribution in [1.82, 2.24) is 5.32 Å². The zero-order valence-corrected chi connectivity index (χ0v) is 10.4. The number of carboxylic acids is 1. The zero-order valence-electron chi connectivity index (χ0n) is 10.4. The largest absolute Gasteiger partial charge is 0.481 e. The molecule has 0 bridgehead atoms. The summed E-state index contributed by atoms with van der Waals surface area (Å²) in [7, 11) is 0. The number of carbonyl (C=O) groups excluding carboxylic acids is 1. The van der Waals surface area contributed by atoms with Gasteiger partial charge in [-0.15, -0.1) is 0 Å². The Bertz CT molecular complexity index is 245. The average Bonchev–Trinajstić information content (AvgIpc) is 2.21. The predicted molar refractivity (Wildman–Crippen MR) is 65.7 cm³/mol. The summed E-state index contributed by atoms with van der Waals surface area (Å²) in [5.74, 6) is -0.819. The van der Waals surface area contributed by atoms with Crippen LogP contribution >= 0.6 is 0 Å². The normalized spacial score (nSPS) is 18.1. The molecule has 0 aromatic rings. The first-order valence-corrected chi connectivity index (χ1v) is 6.69. The van der Waals surface area contributed by atoms with Gasteiger partial charge in [0.25, 0.3) is 0 Å². The van der Waals surface area contributed by atoms with Gasteiger partial charge in [-0.3, -0.25) is 9.59 Å². The van der Waals surface area contributed by atoms with Crippen molar-refractivity contribution in [2.24, 2.45) is 0 Å².